The molecular weight excluding hydrogens is 438 g/mol. The van der Waals surface area contributed by atoms with Crippen molar-refractivity contribution in [3.8, 4) is 22.5 Å². The summed E-state index contributed by atoms with van der Waals surface area (Å²) in [6.45, 7) is 0. The van der Waals surface area contributed by atoms with Gasteiger partial charge in [-0.25, -0.2) is 9.78 Å². The number of carbonyl (C=O) groups is 2. The van der Waals surface area contributed by atoms with E-state index in [1.165, 1.54) is 7.11 Å². The summed E-state index contributed by atoms with van der Waals surface area (Å²) in [5.74, 6) is 0.262. The number of anilines is 1. The molecule has 1 fully saturated rings. The Balaban J connectivity index is 1.47. The summed E-state index contributed by atoms with van der Waals surface area (Å²) in [4.78, 5) is 34.2. The molecule has 0 bridgehead atoms. The van der Waals surface area contributed by atoms with E-state index in [0.717, 1.165) is 48.3 Å². The number of amides is 1. The minimum Gasteiger partial charge on any atom is -0.465 e. The Hall–Kier alpha value is -4.19. The number of esters is 1. The number of H-pyrrole nitrogens is 1. The zero-order chi connectivity index (χ0) is 24.3. The van der Waals surface area contributed by atoms with Gasteiger partial charge in [-0.1, -0.05) is 73.5 Å². The molecule has 35 heavy (non-hydrogen) atoms. The summed E-state index contributed by atoms with van der Waals surface area (Å²) >= 11 is 0. The molecule has 6 heteroatoms. The molecule has 0 spiro atoms. The maximum atomic E-state index is 13.7. The van der Waals surface area contributed by atoms with Crippen LogP contribution in [0.2, 0.25) is 0 Å². The normalized spacial score (nSPS) is 14.4. The van der Waals surface area contributed by atoms with Gasteiger partial charge in [0.25, 0.3) is 0 Å². The highest BCUT2D eigenvalue weighted by Crippen LogP contribution is 2.42. The molecule has 2 N–H and O–H groups in total. The van der Waals surface area contributed by atoms with Crippen molar-refractivity contribution in [3.05, 3.63) is 96.3 Å². The Kier molecular flexibility index (Phi) is 6.19. The monoisotopic (exact) mass is 465 g/mol. The van der Waals surface area contributed by atoms with Crippen molar-refractivity contribution in [2.45, 2.75) is 31.1 Å². The molecule has 0 saturated heterocycles. The first-order valence-electron chi connectivity index (χ1n) is 11.8. The highest BCUT2D eigenvalue weighted by atomic mass is 16.5. The van der Waals surface area contributed by atoms with Crippen LogP contribution in [0.15, 0.2) is 85.1 Å². The molecule has 3 aromatic carbocycles. The number of benzene rings is 3. The van der Waals surface area contributed by atoms with Crippen molar-refractivity contribution in [1.82, 2.24) is 9.97 Å². The van der Waals surface area contributed by atoms with E-state index in [2.05, 4.69) is 10.3 Å². The molecule has 1 saturated carbocycles. The zero-order valence-corrected chi connectivity index (χ0v) is 19.6. The summed E-state index contributed by atoms with van der Waals surface area (Å²) < 4.78 is 4.98. The van der Waals surface area contributed by atoms with Gasteiger partial charge < -0.3 is 15.0 Å². The number of aromatic nitrogens is 2. The smallest absolute Gasteiger partial charge is 0.338 e. The average molecular weight is 466 g/mol. The average Bonchev–Trinajstić information content (AvgIpc) is 3.60. The molecule has 1 aliphatic carbocycles. The van der Waals surface area contributed by atoms with E-state index >= 15 is 0 Å². The minimum absolute atomic E-state index is 0.0778. The Morgan fingerprint density at radius 3 is 2.23 bits per heavy atom. The van der Waals surface area contributed by atoms with Crippen molar-refractivity contribution >= 4 is 17.6 Å². The minimum atomic E-state index is -0.697. The van der Waals surface area contributed by atoms with Gasteiger partial charge in [0, 0.05) is 17.4 Å². The maximum Gasteiger partial charge on any atom is 0.338 e. The summed E-state index contributed by atoms with van der Waals surface area (Å²) in [5, 5.41) is 3.12. The largest absolute Gasteiger partial charge is 0.465 e. The molecule has 1 heterocycles. The molecule has 4 aromatic rings. The van der Waals surface area contributed by atoms with Crippen molar-refractivity contribution in [1.29, 1.82) is 0 Å². The third kappa shape index (κ3) is 4.35. The number of rotatable bonds is 6. The summed E-state index contributed by atoms with van der Waals surface area (Å²) in [5.41, 5.74) is 3.72. The molecule has 1 aromatic heterocycles. The highest BCUT2D eigenvalue weighted by molar-refractivity contribution is 6.02. The van der Waals surface area contributed by atoms with Gasteiger partial charge in [0.1, 0.15) is 5.82 Å². The number of carbonyl (C=O) groups excluding carboxylic acids is 2. The Morgan fingerprint density at radius 1 is 0.914 bits per heavy atom. The Bertz CT molecular complexity index is 1340. The van der Waals surface area contributed by atoms with Crippen LogP contribution in [0.5, 0.6) is 0 Å². The van der Waals surface area contributed by atoms with Crippen LogP contribution in [0.4, 0.5) is 5.69 Å². The number of methoxy groups -OCH3 is 1. The number of nitrogens with one attached hydrogen (secondary N) is 2. The molecule has 0 radical (unpaired) electrons. The third-order valence-corrected chi connectivity index (χ3v) is 6.77. The van der Waals surface area contributed by atoms with E-state index in [-0.39, 0.29) is 5.91 Å². The van der Waals surface area contributed by atoms with Gasteiger partial charge in [-0.2, -0.15) is 0 Å². The van der Waals surface area contributed by atoms with Crippen LogP contribution in [-0.4, -0.2) is 29.0 Å². The zero-order valence-electron chi connectivity index (χ0n) is 19.6. The lowest BCUT2D eigenvalue weighted by molar-refractivity contribution is -0.121. The van der Waals surface area contributed by atoms with Crippen LogP contribution >= 0.6 is 0 Å². The van der Waals surface area contributed by atoms with E-state index in [0.29, 0.717) is 16.8 Å². The van der Waals surface area contributed by atoms with Crippen LogP contribution in [-0.2, 0) is 14.9 Å². The van der Waals surface area contributed by atoms with Crippen LogP contribution in [0.25, 0.3) is 22.5 Å². The van der Waals surface area contributed by atoms with Crippen molar-refractivity contribution in [2.75, 3.05) is 12.4 Å². The number of nitrogens with zero attached hydrogens (tertiary/aromatic N) is 1. The summed E-state index contributed by atoms with van der Waals surface area (Å²) in [6, 6.07) is 24.8. The molecule has 0 unspecified atom stereocenters. The van der Waals surface area contributed by atoms with Gasteiger partial charge in [0.05, 0.1) is 23.8 Å². The lowest BCUT2D eigenvalue weighted by Gasteiger charge is -2.26. The lowest BCUT2D eigenvalue weighted by atomic mass is 9.82. The molecule has 0 aliphatic heterocycles. The van der Waals surface area contributed by atoms with E-state index in [1.807, 2.05) is 72.9 Å². The van der Waals surface area contributed by atoms with Gasteiger partial charge in [-0.15, -0.1) is 0 Å². The first kappa shape index (κ1) is 22.6. The molecule has 0 atom stereocenters. The van der Waals surface area contributed by atoms with Gasteiger partial charge in [0.15, 0.2) is 0 Å². The standard InChI is InChI=1S/C29H27N3O3/c1-35-27(33)23-15-14-22(18-24(23)20-10-4-2-5-11-20)31-28(34)29(16-8-9-17-29)25-19-30-26(32-25)21-12-6-3-7-13-21/h2-7,10-15,18-19H,8-9,16-17H2,1H3,(H,30,32)(H,31,34). The van der Waals surface area contributed by atoms with Crippen molar-refractivity contribution < 1.29 is 14.3 Å². The second-order valence-corrected chi connectivity index (χ2v) is 8.86. The van der Waals surface area contributed by atoms with Crippen molar-refractivity contribution in [2.24, 2.45) is 0 Å². The number of hydrogen-bond donors (Lipinski definition) is 2. The molecule has 6 nitrogen and oxygen atoms in total. The van der Waals surface area contributed by atoms with Gasteiger partial charge in [0.2, 0.25) is 5.91 Å². The highest BCUT2D eigenvalue weighted by Gasteiger charge is 2.44. The van der Waals surface area contributed by atoms with E-state index < -0.39 is 11.4 Å². The molecule has 1 amide bonds. The van der Waals surface area contributed by atoms with Crippen LogP contribution in [0.3, 0.4) is 0 Å². The van der Waals surface area contributed by atoms with Crippen LogP contribution in [0.1, 0.15) is 41.7 Å². The van der Waals surface area contributed by atoms with Crippen molar-refractivity contribution in [3.63, 3.8) is 0 Å². The van der Waals surface area contributed by atoms with Gasteiger partial charge in [-0.05, 0) is 42.2 Å². The molecule has 5 rings (SSSR count). The first-order valence-corrected chi connectivity index (χ1v) is 11.8. The second-order valence-electron chi connectivity index (χ2n) is 8.86. The van der Waals surface area contributed by atoms with Crippen LogP contribution in [0, 0.1) is 0 Å². The Labute approximate surface area is 204 Å². The maximum absolute atomic E-state index is 13.7. The molecule has 176 valence electrons. The SMILES string of the molecule is COC(=O)c1ccc(NC(=O)C2(c3c[nH]c(-c4ccccc4)n3)CCCC2)cc1-c1ccccc1. The number of aromatic amines is 1. The predicted molar refractivity (Wildman–Crippen MR) is 136 cm³/mol. The summed E-state index contributed by atoms with van der Waals surface area (Å²) in [6.07, 6.45) is 5.28. The fraction of sp³-hybridized carbons (Fsp3) is 0.207. The molecular formula is C29H27N3O3. The van der Waals surface area contributed by atoms with Gasteiger partial charge in [-0.3, -0.25) is 4.79 Å². The number of hydrogen-bond acceptors (Lipinski definition) is 4. The second kappa shape index (κ2) is 9.58. The van der Waals surface area contributed by atoms with E-state index in [1.54, 1.807) is 12.1 Å². The Morgan fingerprint density at radius 2 is 1.57 bits per heavy atom. The number of ether oxygens (including phenoxy) is 1. The lowest BCUT2D eigenvalue weighted by Crippen LogP contribution is -2.38. The predicted octanol–water partition coefficient (Wildman–Crippen LogP) is 5.98. The van der Waals surface area contributed by atoms with E-state index in [9.17, 15) is 9.59 Å². The molecule has 1 aliphatic rings. The summed E-state index contributed by atoms with van der Waals surface area (Å²) in [7, 11) is 1.37. The van der Waals surface area contributed by atoms with Gasteiger partial charge >= 0.3 is 5.97 Å². The fourth-order valence-electron chi connectivity index (χ4n) is 4.91. The van der Waals surface area contributed by atoms with E-state index in [4.69, 9.17) is 9.72 Å². The topological polar surface area (TPSA) is 84.1 Å². The fourth-order valence-corrected chi connectivity index (χ4v) is 4.91. The first-order chi connectivity index (χ1) is 17.1. The quantitative estimate of drug-likeness (QED) is 0.343. The van der Waals surface area contributed by atoms with Crippen LogP contribution < -0.4 is 5.32 Å². The number of imidazole rings is 1. The third-order valence-electron chi connectivity index (χ3n) is 6.77.